The van der Waals surface area contributed by atoms with Crippen molar-refractivity contribution in [1.29, 1.82) is 0 Å². The number of non-ortho nitro benzene ring substituents is 1. The fourth-order valence-corrected chi connectivity index (χ4v) is 7.01. The molecule has 158 valence electrons. The van der Waals surface area contributed by atoms with Crippen LogP contribution in [0.5, 0.6) is 0 Å². The lowest BCUT2D eigenvalue weighted by Crippen LogP contribution is -2.51. The maximum absolute atomic E-state index is 13.1. The zero-order chi connectivity index (χ0) is 20.9. The number of aryl methyl sites for hydroxylation is 1. The number of carbonyl (C=O) groups excluding carboxylic acids is 1. The molecule has 4 fully saturated rings. The largest absolute Gasteiger partial charge is 0.351 e. The molecule has 9 nitrogen and oxygen atoms in total. The molecule has 1 heterocycles. The van der Waals surface area contributed by atoms with E-state index in [0.717, 1.165) is 17.8 Å². The van der Waals surface area contributed by atoms with Crippen LogP contribution >= 0.6 is 11.8 Å². The molecule has 4 aliphatic rings. The quantitative estimate of drug-likeness (QED) is 0.555. The highest BCUT2D eigenvalue weighted by molar-refractivity contribution is 7.99. The fraction of sp³-hybridized carbons (Fsp3) is 0.600. The third-order valence-electron chi connectivity index (χ3n) is 6.99. The Morgan fingerprint density at radius 1 is 1.27 bits per heavy atom. The molecule has 10 heteroatoms. The Kier molecular flexibility index (Phi) is 4.76. The van der Waals surface area contributed by atoms with Crippen LogP contribution in [-0.4, -0.2) is 37.6 Å². The number of carbonyl (C=O) groups is 1. The van der Waals surface area contributed by atoms with Crippen molar-refractivity contribution in [3.05, 3.63) is 33.9 Å². The number of hydrogen-bond donors (Lipinski definition) is 1. The first-order chi connectivity index (χ1) is 14.4. The molecule has 4 bridgehead atoms. The predicted molar refractivity (Wildman–Crippen MR) is 109 cm³/mol. The molecule has 1 aromatic heterocycles. The maximum Gasteiger partial charge on any atom is 0.270 e. The molecule has 0 spiro atoms. The maximum atomic E-state index is 13.1. The van der Waals surface area contributed by atoms with Gasteiger partial charge in [0.25, 0.3) is 11.6 Å². The molecule has 0 radical (unpaired) electrons. The number of benzene rings is 1. The van der Waals surface area contributed by atoms with E-state index in [9.17, 15) is 14.9 Å². The van der Waals surface area contributed by atoms with Gasteiger partial charge in [-0.05, 0) is 89.9 Å². The highest BCUT2D eigenvalue weighted by Gasteiger charge is 2.50. The summed E-state index contributed by atoms with van der Waals surface area (Å²) in [4.78, 5) is 24.5. The van der Waals surface area contributed by atoms with E-state index >= 15 is 0 Å². The number of nitrogens with zero attached hydrogens (tertiary/aromatic N) is 5. The van der Waals surface area contributed by atoms with Gasteiger partial charge in [-0.2, -0.15) is 0 Å². The smallest absolute Gasteiger partial charge is 0.270 e. The SMILES string of the molecule is Cn1nnnc1Sc1ccc([N+](=O)[O-])cc1C(=O)NCC12CC3CC(CC(C3)C1)C2. The summed E-state index contributed by atoms with van der Waals surface area (Å²) >= 11 is 1.22. The number of tetrazole rings is 1. The van der Waals surface area contributed by atoms with E-state index < -0.39 is 4.92 Å². The van der Waals surface area contributed by atoms with Crippen LogP contribution in [0.3, 0.4) is 0 Å². The number of nitro groups is 1. The Balaban J connectivity index is 1.37. The second-order valence-electron chi connectivity index (χ2n) is 9.22. The number of nitrogens with one attached hydrogen (secondary N) is 1. The monoisotopic (exact) mass is 428 g/mol. The standard InChI is InChI=1S/C20H24N6O3S/c1-25-19(22-23-24-25)30-17-3-2-15(26(28)29)7-16(17)18(27)21-11-20-8-12-4-13(9-20)6-14(5-12)10-20/h2-3,7,12-14H,4-6,8-11H2,1H3,(H,21,27). The molecule has 0 aliphatic heterocycles. The molecule has 4 aliphatic carbocycles. The second kappa shape index (κ2) is 7.33. The lowest BCUT2D eigenvalue weighted by molar-refractivity contribution is -0.384. The van der Waals surface area contributed by atoms with Crippen LogP contribution < -0.4 is 5.32 Å². The third-order valence-corrected chi connectivity index (χ3v) is 8.09. The Hall–Kier alpha value is -2.49. The molecular formula is C20H24N6O3S. The van der Waals surface area contributed by atoms with Gasteiger partial charge < -0.3 is 5.32 Å². The van der Waals surface area contributed by atoms with Crippen molar-refractivity contribution in [2.24, 2.45) is 30.2 Å². The molecule has 2 aromatic rings. The van der Waals surface area contributed by atoms with Gasteiger partial charge in [-0.3, -0.25) is 14.9 Å². The van der Waals surface area contributed by atoms with E-state index in [1.165, 1.54) is 67.1 Å². The van der Waals surface area contributed by atoms with Crippen LogP contribution in [0.1, 0.15) is 48.9 Å². The third kappa shape index (κ3) is 3.57. The average Bonchev–Trinajstić information content (AvgIpc) is 3.10. The molecule has 1 aromatic carbocycles. The van der Waals surface area contributed by atoms with Crippen molar-refractivity contribution in [2.75, 3.05) is 6.54 Å². The molecule has 4 saturated carbocycles. The van der Waals surface area contributed by atoms with E-state index in [1.807, 2.05) is 0 Å². The van der Waals surface area contributed by atoms with Gasteiger partial charge in [-0.1, -0.05) is 0 Å². The molecule has 1 N–H and O–H groups in total. The van der Waals surface area contributed by atoms with Gasteiger partial charge in [0.2, 0.25) is 5.16 Å². The average molecular weight is 429 g/mol. The van der Waals surface area contributed by atoms with Crippen molar-refractivity contribution in [2.45, 2.75) is 48.6 Å². The summed E-state index contributed by atoms with van der Waals surface area (Å²) in [5, 5.41) is 26.3. The molecule has 1 amide bonds. The summed E-state index contributed by atoms with van der Waals surface area (Å²) in [6.07, 6.45) is 7.64. The first-order valence-corrected chi connectivity index (χ1v) is 11.2. The topological polar surface area (TPSA) is 116 Å². The van der Waals surface area contributed by atoms with E-state index in [1.54, 1.807) is 13.1 Å². The van der Waals surface area contributed by atoms with Gasteiger partial charge in [0.15, 0.2) is 0 Å². The number of amides is 1. The van der Waals surface area contributed by atoms with Gasteiger partial charge in [-0.25, -0.2) is 4.68 Å². The minimum absolute atomic E-state index is 0.101. The summed E-state index contributed by atoms with van der Waals surface area (Å²) in [6.45, 7) is 0.646. The molecular weight excluding hydrogens is 404 g/mol. The van der Waals surface area contributed by atoms with E-state index in [2.05, 4.69) is 20.8 Å². The lowest BCUT2D eigenvalue weighted by Gasteiger charge is -2.56. The van der Waals surface area contributed by atoms with E-state index in [-0.39, 0.29) is 17.0 Å². The predicted octanol–water partition coefficient (Wildman–Crippen LogP) is 3.22. The molecule has 30 heavy (non-hydrogen) atoms. The zero-order valence-electron chi connectivity index (χ0n) is 16.8. The number of rotatable bonds is 6. The van der Waals surface area contributed by atoms with Crippen molar-refractivity contribution >= 4 is 23.4 Å². The number of aromatic nitrogens is 4. The molecule has 6 rings (SSSR count). The van der Waals surface area contributed by atoms with Crippen LogP contribution in [0, 0.1) is 33.3 Å². The van der Waals surface area contributed by atoms with Gasteiger partial charge in [-0.15, -0.1) is 5.10 Å². The Bertz CT molecular complexity index is 971. The van der Waals surface area contributed by atoms with Crippen molar-refractivity contribution in [3.63, 3.8) is 0 Å². The van der Waals surface area contributed by atoms with Crippen LogP contribution in [0.4, 0.5) is 5.69 Å². The van der Waals surface area contributed by atoms with E-state index in [0.29, 0.717) is 22.2 Å². The van der Waals surface area contributed by atoms with Gasteiger partial charge >= 0.3 is 0 Å². The fourth-order valence-electron chi connectivity index (χ4n) is 6.17. The van der Waals surface area contributed by atoms with Crippen LogP contribution in [0.15, 0.2) is 28.3 Å². The first kappa shape index (κ1) is 19.5. The van der Waals surface area contributed by atoms with Gasteiger partial charge in [0.1, 0.15) is 0 Å². The Morgan fingerprint density at radius 3 is 2.50 bits per heavy atom. The van der Waals surface area contributed by atoms with Crippen molar-refractivity contribution < 1.29 is 9.72 Å². The second-order valence-corrected chi connectivity index (χ2v) is 10.2. The molecule has 0 atom stereocenters. The minimum Gasteiger partial charge on any atom is -0.351 e. The number of nitro benzene ring substituents is 1. The van der Waals surface area contributed by atoms with Crippen molar-refractivity contribution in [3.8, 4) is 0 Å². The Labute approximate surface area is 178 Å². The normalized spacial score (nSPS) is 29.2. The summed E-state index contributed by atoms with van der Waals surface area (Å²) in [6, 6.07) is 4.35. The van der Waals surface area contributed by atoms with Crippen LogP contribution in [-0.2, 0) is 7.05 Å². The van der Waals surface area contributed by atoms with E-state index in [4.69, 9.17) is 0 Å². The van der Waals surface area contributed by atoms with Crippen LogP contribution in [0.2, 0.25) is 0 Å². The highest BCUT2D eigenvalue weighted by Crippen LogP contribution is 2.59. The summed E-state index contributed by atoms with van der Waals surface area (Å²) in [5.41, 5.74) is 0.392. The summed E-state index contributed by atoms with van der Waals surface area (Å²) < 4.78 is 1.50. The van der Waals surface area contributed by atoms with Gasteiger partial charge in [0.05, 0.1) is 10.5 Å². The molecule has 0 saturated heterocycles. The molecule has 0 unspecified atom stereocenters. The summed E-state index contributed by atoms with van der Waals surface area (Å²) in [7, 11) is 1.71. The zero-order valence-corrected chi connectivity index (χ0v) is 17.6. The lowest BCUT2D eigenvalue weighted by atomic mass is 9.49. The van der Waals surface area contributed by atoms with Crippen LogP contribution in [0.25, 0.3) is 0 Å². The van der Waals surface area contributed by atoms with Crippen molar-refractivity contribution in [1.82, 2.24) is 25.5 Å². The first-order valence-electron chi connectivity index (χ1n) is 10.4. The minimum atomic E-state index is -0.478. The van der Waals surface area contributed by atoms with Gasteiger partial charge in [0, 0.05) is 30.6 Å². The Morgan fingerprint density at radius 2 is 1.93 bits per heavy atom. The summed E-state index contributed by atoms with van der Waals surface area (Å²) in [5.74, 6) is 2.15. The number of hydrogen-bond acceptors (Lipinski definition) is 7. The highest BCUT2D eigenvalue weighted by atomic mass is 32.2.